The molecule has 0 radical (unpaired) electrons. The number of nitrogens with zero attached hydrogens (tertiary/aromatic N) is 1. The Morgan fingerprint density at radius 2 is 2.00 bits per heavy atom. The van der Waals surface area contributed by atoms with Gasteiger partial charge in [0.2, 0.25) is 0 Å². The van der Waals surface area contributed by atoms with E-state index in [0.717, 1.165) is 25.0 Å². The molecule has 2 bridgehead atoms. The van der Waals surface area contributed by atoms with E-state index < -0.39 is 0 Å². The molecule has 0 spiro atoms. The highest BCUT2D eigenvalue weighted by molar-refractivity contribution is 5.55. The molecule has 1 unspecified atom stereocenters. The number of likely N-dealkylation sites (N-methyl/N-ethyl adjacent to an activating group) is 1. The third kappa shape index (κ3) is 3.58. The standard InChI is InChI=1S/C27H34N2/c1-29-17-15-27-14-6-5-11-24(27)26(29)19-23-13-12-21(18-25(23)27)10-7-16-28-20-22-8-3-2-4-9-22/h2-4,7-10,12-13,18,24,26,28H,5-6,11,14-17,19-20H2,1H3/b10-7+/t24-,26?,27+/m1/s1. The largest absolute Gasteiger partial charge is 0.309 e. The van der Waals surface area contributed by atoms with Crippen molar-refractivity contribution < 1.29 is 0 Å². The molecule has 1 aliphatic heterocycles. The summed E-state index contributed by atoms with van der Waals surface area (Å²) in [6.45, 7) is 3.10. The number of rotatable bonds is 5. The van der Waals surface area contributed by atoms with Gasteiger partial charge in [-0.3, -0.25) is 0 Å². The number of hydrogen-bond acceptors (Lipinski definition) is 2. The summed E-state index contributed by atoms with van der Waals surface area (Å²) in [6, 6.07) is 18.7. The Bertz CT molecular complexity index is 871. The molecule has 2 aliphatic carbocycles. The highest BCUT2D eigenvalue weighted by Gasteiger charge is 2.52. The van der Waals surface area contributed by atoms with Crippen LogP contribution in [0.1, 0.15) is 54.4 Å². The van der Waals surface area contributed by atoms with Crippen LogP contribution in [0, 0.1) is 5.92 Å². The third-order valence-corrected chi connectivity index (χ3v) is 7.88. The zero-order chi connectivity index (χ0) is 19.7. The molecule has 1 heterocycles. The molecule has 1 saturated carbocycles. The number of nitrogens with one attached hydrogen (secondary N) is 1. The first-order valence-corrected chi connectivity index (χ1v) is 11.5. The Hall–Kier alpha value is -1.90. The van der Waals surface area contributed by atoms with Crippen LogP contribution in [0.3, 0.4) is 0 Å². The van der Waals surface area contributed by atoms with E-state index in [9.17, 15) is 0 Å². The summed E-state index contributed by atoms with van der Waals surface area (Å²) in [5, 5.41) is 3.53. The molecule has 1 N–H and O–H groups in total. The Morgan fingerprint density at radius 1 is 1.10 bits per heavy atom. The van der Waals surface area contributed by atoms with Crippen molar-refractivity contribution >= 4 is 6.08 Å². The number of benzene rings is 2. The van der Waals surface area contributed by atoms with Crippen molar-refractivity contribution in [3.8, 4) is 0 Å². The second-order valence-corrected chi connectivity index (χ2v) is 9.45. The van der Waals surface area contributed by atoms with Crippen molar-refractivity contribution in [2.45, 2.75) is 56.5 Å². The summed E-state index contributed by atoms with van der Waals surface area (Å²) >= 11 is 0. The maximum absolute atomic E-state index is 3.53. The van der Waals surface area contributed by atoms with Crippen molar-refractivity contribution in [1.82, 2.24) is 10.2 Å². The van der Waals surface area contributed by atoms with Gasteiger partial charge < -0.3 is 10.2 Å². The van der Waals surface area contributed by atoms with Crippen LogP contribution < -0.4 is 5.32 Å². The first-order valence-electron chi connectivity index (χ1n) is 11.5. The van der Waals surface area contributed by atoms with Crippen LogP contribution in [0.2, 0.25) is 0 Å². The maximum Gasteiger partial charge on any atom is 0.0208 e. The van der Waals surface area contributed by atoms with Gasteiger partial charge in [-0.05, 0) is 67.4 Å². The Kier molecular flexibility index (Phi) is 5.32. The van der Waals surface area contributed by atoms with Gasteiger partial charge in [0, 0.05) is 24.5 Å². The molecule has 0 aromatic heterocycles. The molecule has 2 heteroatoms. The van der Waals surface area contributed by atoms with E-state index in [1.165, 1.54) is 56.2 Å². The van der Waals surface area contributed by atoms with Crippen LogP contribution in [0.4, 0.5) is 0 Å². The van der Waals surface area contributed by atoms with Crippen molar-refractivity contribution in [2.75, 3.05) is 20.1 Å². The molecule has 1 saturated heterocycles. The van der Waals surface area contributed by atoms with E-state index in [4.69, 9.17) is 0 Å². The van der Waals surface area contributed by atoms with Crippen molar-refractivity contribution in [3.05, 3.63) is 76.9 Å². The van der Waals surface area contributed by atoms with Gasteiger partial charge in [0.05, 0.1) is 0 Å². The van der Waals surface area contributed by atoms with E-state index in [1.54, 1.807) is 11.1 Å². The summed E-state index contributed by atoms with van der Waals surface area (Å²) in [7, 11) is 2.35. The molecule has 2 nitrogen and oxygen atoms in total. The van der Waals surface area contributed by atoms with Crippen molar-refractivity contribution in [1.29, 1.82) is 0 Å². The summed E-state index contributed by atoms with van der Waals surface area (Å²) in [5.74, 6) is 0.870. The van der Waals surface area contributed by atoms with Gasteiger partial charge in [0.25, 0.3) is 0 Å². The maximum atomic E-state index is 3.53. The number of piperidine rings is 1. The summed E-state index contributed by atoms with van der Waals surface area (Å²) < 4.78 is 0. The average molecular weight is 387 g/mol. The Morgan fingerprint density at radius 3 is 2.90 bits per heavy atom. The van der Waals surface area contributed by atoms with E-state index in [2.05, 4.69) is 77.9 Å². The molecule has 29 heavy (non-hydrogen) atoms. The quantitative estimate of drug-likeness (QED) is 0.713. The fourth-order valence-corrected chi connectivity index (χ4v) is 6.41. The lowest BCUT2D eigenvalue weighted by Crippen LogP contribution is -2.59. The number of hydrogen-bond donors (Lipinski definition) is 1. The Labute approximate surface area is 176 Å². The highest BCUT2D eigenvalue weighted by Crippen LogP contribution is 2.55. The second-order valence-electron chi connectivity index (χ2n) is 9.45. The smallest absolute Gasteiger partial charge is 0.0208 e. The second kappa shape index (κ2) is 8.08. The lowest BCUT2D eigenvalue weighted by atomic mass is 9.52. The first kappa shape index (κ1) is 19.1. The minimum atomic E-state index is 0.457. The van der Waals surface area contributed by atoms with Crippen LogP contribution in [0.5, 0.6) is 0 Å². The zero-order valence-electron chi connectivity index (χ0n) is 17.7. The van der Waals surface area contributed by atoms with Gasteiger partial charge >= 0.3 is 0 Å². The molecule has 2 aromatic rings. The van der Waals surface area contributed by atoms with Gasteiger partial charge in [0.15, 0.2) is 0 Å². The van der Waals surface area contributed by atoms with Gasteiger partial charge in [-0.2, -0.15) is 0 Å². The summed E-state index contributed by atoms with van der Waals surface area (Å²) in [4.78, 5) is 2.66. The van der Waals surface area contributed by atoms with Crippen molar-refractivity contribution in [2.24, 2.45) is 5.92 Å². The van der Waals surface area contributed by atoms with Crippen LogP contribution in [-0.2, 0) is 18.4 Å². The SMILES string of the molecule is CN1CC[C@@]23CCCC[C@@H]2C1Cc1ccc(/C=C/CNCc2ccccc2)cc13. The molecule has 2 fully saturated rings. The number of fused-ring (bicyclic) bond motifs is 1. The average Bonchev–Trinajstić information content (AvgIpc) is 2.77. The highest BCUT2D eigenvalue weighted by atomic mass is 15.1. The van der Waals surface area contributed by atoms with Crippen LogP contribution in [0.25, 0.3) is 6.08 Å². The Balaban J connectivity index is 1.32. The molecule has 3 atom stereocenters. The number of likely N-dealkylation sites (tertiary alicyclic amines) is 1. The molecule has 152 valence electrons. The molecule has 0 amide bonds. The lowest BCUT2D eigenvalue weighted by molar-refractivity contribution is 0.00285. The molecule has 5 rings (SSSR count). The third-order valence-electron chi connectivity index (χ3n) is 7.88. The zero-order valence-corrected chi connectivity index (χ0v) is 17.7. The van der Waals surface area contributed by atoms with E-state index in [0.29, 0.717) is 5.41 Å². The van der Waals surface area contributed by atoms with E-state index >= 15 is 0 Å². The molecule has 3 aliphatic rings. The minimum Gasteiger partial charge on any atom is -0.309 e. The monoisotopic (exact) mass is 386 g/mol. The van der Waals surface area contributed by atoms with E-state index in [-0.39, 0.29) is 0 Å². The van der Waals surface area contributed by atoms with Crippen LogP contribution in [0.15, 0.2) is 54.6 Å². The summed E-state index contributed by atoms with van der Waals surface area (Å²) in [5.41, 5.74) is 6.50. The first-order chi connectivity index (χ1) is 14.3. The van der Waals surface area contributed by atoms with Gasteiger partial charge in [0.1, 0.15) is 0 Å². The predicted molar refractivity (Wildman–Crippen MR) is 122 cm³/mol. The van der Waals surface area contributed by atoms with Crippen molar-refractivity contribution in [3.63, 3.8) is 0 Å². The normalized spacial score (nSPS) is 28.9. The molecular formula is C27H34N2. The van der Waals surface area contributed by atoms with Gasteiger partial charge in [-0.1, -0.05) is 73.5 Å². The van der Waals surface area contributed by atoms with Crippen LogP contribution >= 0.6 is 0 Å². The fourth-order valence-electron chi connectivity index (χ4n) is 6.41. The summed E-state index contributed by atoms with van der Waals surface area (Å²) in [6.07, 6.45) is 12.9. The topological polar surface area (TPSA) is 15.3 Å². The van der Waals surface area contributed by atoms with E-state index in [1.807, 2.05) is 0 Å². The minimum absolute atomic E-state index is 0.457. The van der Waals surface area contributed by atoms with Crippen LogP contribution in [-0.4, -0.2) is 31.1 Å². The van der Waals surface area contributed by atoms with Gasteiger partial charge in [-0.25, -0.2) is 0 Å². The molecule has 2 aromatic carbocycles. The predicted octanol–water partition coefficient (Wildman–Crippen LogP) is 5.18. The lowest BCUT2D eigenvalue weighted by Gasteiger charge is -2.58. The fraction of sp³-hybridized carbons (Fsp3) is 0.481. The van der Waals surface area contributed by atoms with Gasteiger partial charge in [-0.15, -0.1) is 0 Å². The molecular weight excluding hydrogens is 352 g/mol.